The quantitative estimate of drug-likeness (QED) is 0.923. The molecule has 5 heteroatoms. The highest BCUT2D eigenvalue weighted by atomic mass is 79.9. The Morgan fingerprint density at radius 3 is 2.87 bits per heavy atom. The molecule has 0 aliphatic rings. The van der Waals surface area contributed by atoms with Crippen molar-refractivity contribution < 1.29 is 0 Å². The van der Waals surface area contributed by atoms with Crippen LogP contribution in [0, 0.1) is 0 Å². The zero-order valence-electron chi connectivity index (χ0n) is 8.10. The van der Waals surface area contributed by atoms with Crippen LogP contribution in [0.4, 0.5) is 5.82 Å². The second-order valence-electron chi connectivity index (χ2n) is 3.20. The van der Waals surface area contributed by atoms with E-state index in [0.717, 1.165) is 23.1 Å². The van der Waals surface area contributed by atoms with E-state index in [1.54, 1.807) is 6.20 Å². The average molecular weight is 267 g/mol. The van der Waals surface area contributed by atoms with Gasteiger partial charge in [-0.25, -0.2) is 0 Å². The molecule has 0 saturated heterocycles. The molecular weight excluding hydrogens is 256 g/mol. The van der Waals surface area contributed by atoms with Gasteiger partial charge in [0.1, 0.15) is 0 Å². The van der Waals surface area contributed by atoms with E-state index >= 15 is 0 Å². The van der Waals surface area contributed by atoms with Gasteiger partial charge in [-0.1, -0.05) is 6.07 Å². The van der Waals surface area contributed by atoms with Gasteiger partial charge in [0.25, 0.3) is 0 Å². The number of rotatable bonds is 3. The third kappa shape index (κ3) is 2.56. The molecule has 0 aliphatic heterocycles. The SMILES string of the molecule is Nc1nn(CCc2ccccn2)cc1Br. The monoisotopic (exact) mass is 266 g/mol. The smallest absolute Gasteiger partial charge is 0.159 e. The van der Waals surface area contributed by atoms with Crippen molar-refractivity contribution in [2.75, 3.05) is 5.73 Å². The normalized spacial score (nSPS) is 10.5. The standard InChI is InChI=1S/C10H11BrN4/c11-9-7-15(14-10(9)12)6-4-8-3-1-2-5-13-8/h1-3,5,7H,4,6H2,(H2,12,14). The topological polar surface area (TPSA) is 56.7 Å². The van der Waals surface area contributed by atoms with Crippen LogP contribution in [0.15, 0.2) is 35.1 Å². The molecule has 2 aromatic rings. The lowest BCUT2D eigenvalue weighted by atomic mass is 10.3. The Morgan fingerprint density at radius 1 is 1.40 bits per heavy atom. The molecule has 78 valence electrons. The molecule has 2 aromatic heterocycles. The first-order valence-electron chi connectivity index (χ1n) is 4.64. The van der Waals surface area contributed by atoms with Crippen LogP contribution >= 0.6 is 15.9 Å². The van der Waals surface area contributed by atoms with Gasteiger partial charge in [0.15, 0.2) is 5.82 Å². The number of hydrogen-bond donors (Lipinski definition) is 1. The molecule has 0 fully saturated rings. The van der Waals surface area contributed by atoms with E-state index in [9.17, 15) is 0 Å². The van der Waals surface area contributed by atoms with Gasteiger partial charge in [0.05, 0.1) is 4.47 Å². The van der Waals surface area contributed by atoms with E-state index in [-0.39, 0.29) is 0 Å². The minimum Gasteiger partial charge on any atom is -0.381 e. The number of halogens is 1. The van der Waals surface area contributed by atoms with E-state index in [2.05, 4.69) is 26.0 Å². The fourth-order valence-corrected chi connectivity index (χ4v) is 1.62. The molecule has 0 radical (unpaired) electrons. The van der Waals surface area contributed by atoms with Crippen LogP contribution < -0.4 is 5.73 Å². The maximum atomic E-state index is 5.62. The maximum absolute atomic E-state index is 5.62. The summed E-state index contributed by atoms with van der Waals surface area (Å²) in [4.78, 5) is 4.24. The number of pyridine rings is 1. The lowest BCUT2D eigenvalue weighted by molar-refractivity contribution is 0.610. The third-order valence-corrected chi connectivity index (χ3v) is 2.68. The summed E-state index contributed by atoms with van der Waals surface area (Å²) in [6.07, 6.45) is 4.52. The van der Waals surface area contributed by atoms with Crippen molar-refractivity contribution >= 4 is 21.7 Å². The summed E-state index contributed by atoms with van der Waals surface area (Å²) in [5.74, 6) is 0.524. The Labute approximate surface area is 96.3 Å². The fourth-order valence-electron chi connectivity index (χ4n) is 1.30. The molecule has 0 aromatic carbocycles. The molecule has 0 atom stereocenters. The van der Waals surface area contributed by atoms with Gasteiger partial charge in [-0.2, -0.15) is 5.10 Å². The van der Waals surface area contributed by atoms with E-state index in [1.165, 1.54) is 0 Å². The van der Waals surface area contributed by atoms with E-state index in [4.69, 9.17) is 5.73 Å². The Balaban J connectivity index is 1.99. The Morgan fingerprint density at radius 2 is 2.27 bits per heavy atom. The van der Waals surface area contributed by atoms with E-state index < -0.39 is 0 Å². The molecule has 0 saturated carbocycles. The number of hydrogen-bond acceptors (Lipinski definition) is 3. The van der Waals surface area contributed by atoms with Crippen molar-refractivity contribution in [1.82, 2.24) is 14.8 Å². The van der Waals surface area contributed by atoms with Crippen molar-refractivity contribution in [3.63, 3.8) is 0 Å². The van der Waals surface area contributed by atoms with Crippen LogP contribution in [0.25, 0.3) is 0 Å². The number of nitrogens with zero attached hydrogens (tertiary/aromatic N) is 3. The third-order valence-electron chi connectivity index (χ3n) is 2.07. The van der Waals surface area contributed by atoms with Gasteiger partial charge in [0.2, 0.25) is 0 Å². The summed E-state index contributed by atoms with van der Waals surface area (Å²) in [5, 5.41) is 4.15. The molecule has 2 heterocycles. The highest BCUT2D eigenvalue weighted by molar-refractivity contribution is 9.10. The zero-order valence-corrected chi connectivity index (χ0v) is 9.68. The number of nitrogens with two attached hydrogens (primary N) is 1. The van der Waals surface area contributed by atoms with E-state index in [0.29, 0.717) is 5.82 Å². The van der Waals surface area contributed by atoms with Crippen molar-refractivity contribution in [3.8, 4) is 0 Å². The summed E-state index contributed by atoms with van der Waals surface area (Å²) in [6.45, 7) is 0.785. The van der Waals surface area contributed by atoms with Crippen LogP contribution in [-0.4, -0.2) is 14.8 Å². The number of aromatic nitrogens is 3. The van der Waals surface area contributed by atoms with Gasteiger partial charge >= 0.3 is 0 Å². The molecule has 0 spiro atoms. The lowest BCUT2D eigenvalue weighted by Gasteiger charge is -2.00. The fraction of sp³-hybridized carbons (Fsp3) is 0.200. The molecule has 2 rings (SSSR count). The van der Waals surface area contributed by atoms with Gasteiger partial charge in [-0.15, -0.1) is 0 Å². The van der Waals surface area contributed by atoms with Crippen molar-refractivity contribution in [2.24, 2.45) is 0 Å². The summed E-state index contributed by atoms with van der Waals surface area (Å²) in [5.41, 5.74) is 6.67. The zero-order chi connectivity index (χ0) is 10.7. The second-order valence-corrected chi connectivity index (χ2v) is 4.05. The predicted octanol–water partition coefficient (Wildman–Crippen LogP) is 1.87. The lowest BCUT2D eigenvalue weighted by Crippen LogP contribution is -2.03. The van der Waals surface area contributed by atoms with Gasteiger partial charge in [-0.3, -0.25) is 9.67 Å². The molecule has 4 nitrogen and oxygen atoms in total. The minimum absolute atomic E-state index is 0.524. The number of aryl methyl sites for hydroxylation is 2. The van der Waals surface area contributed by atoms with E-state index in [1.807, 2.05) is 29.1 Å². The van der Waals surface area contributed by atoms with Crippen molar-refractivity contribution in [1.29, 1.82) is 0 Å². The van der Waals surface area contributed by atoms with Gasteiger partial charge in [0, 0.05) is 31.1 Å². The Hall–Kier alpha value is -1.36. The molecular formula is C10H11BrN4. The van der Waals surface area contributed by atoms with Crippen LogP contribution in [0.1, 0.15) is 5.69 Å². The summed E-state index contributed by atoms with van der Waals surface area (Å²) in [6, 6.07) is 5.89. The first-order valence-corrected chi connectivity index (χ1v) is 5.43. The van der Waals surface area contributed by atoms with Gasteiger partial charge < -0.3 is 5.73 Å². The predicted molar refractivity (Wildman–Crippen MR) is 62.3 cm³/mol. The molecule has 0 unspecified atom stereocenters. The van der Waals surface area contributed by atoms with Crippen molar-refractivity contribution in [2.45, 2.75) is 13.0 Å². The number of nitrogen functional groups attached to an aromatic ring is 1. The highest BCUT2D eigenvalue weighted by Gasteiger charge is 2.02. The summed E-state index contributed by atoms with van der Waals surface area (Å²) < 4.78 is 2.65. The first kappa shape index (κ1) is 10.2. The average Bonchev–Trinajstić information content (AvgIpc) is 2.57. The Kier molecular flexibility index (Phi) is 3.01. The summed E-state index contributed by atoms with van der Waals surface area (Å²) >= 11 is 3.32. The number of anilines is 1. The van der Waals surface area contributed by atoms with Crippen LogP contribution in [0.2, 0.25) is 0 Å². The molecule has 0 bridgehead atoms. The highest BCUT2D eigenvalue weighted by Crippen LogP contribution is 2.16. The molecule has 0 amide bonds. The molecule has 0 aliphatic carbocycles. The summed E-state index contributed by atoms with van der Waals surface area (Å²) in [7, 11) is 0. The second kappa shape index (κ2) is 4.44. The molecule has 2 N–H and O–H groups in total. The van der Waals surface area contributed by atoms with Gasteiger partial charge in [-0.05, 0) is 28.1 Å². The first-order chi connectivity index (χ1) is 7.25. The van der Waals surface area contributed by atoms with Crippen LogP contribution in [0.3, 0.4) is 0 Å². The Bertz CT molecular complexity index is 418. The maximum Gasteiger partial charge on any atom is 0.159 e. The van der Waals surface area contributed by atoms with Crippen LogP contribution in [0.5, 0.6) is 0 Å². The molecule has 15 heavy (non-hydrogen) atoms. The van der Waals surface area contributed by atoms with Crippen molar-refractivity contribution in [3.05, 3.63) is 40.8 Å². The minimum atomic E-state index is 0.524. The largest absolute Gasteiger partial charge is 0.381 e. The van der Waals surface area contributed by atoms with Crippen LogP contribution in [-0.2, 0) is 13.0 Å².